The summed E-state index contributed by atoms with van der Waals surface area (Å²) in [7, 11) is 0. The lowest BCUT2D eigenvalue weighted by Gasteiger charge is -2.38. The van der Waals surface area contributed by atoms with Gasteiger partial charge >= 0.3 is 0 Å². The third-order valence-corrected chi connectivity index (χ3v) is 6.12. The molecule has 4 heterocycles. The predicted molar refractivity (Wildman–Crippen MR) is 112 cm³/mol. The van der Waals surface area contributed by atoms with E-state index in [0.717, 1.165) is 53.9 Å². The molecule has 2 fully saturated rings. The van der Waals surface area contributed by atoms with Crippen molar-refractivity contribution in [2.24, 2.45) is 0 Å². The zero-order chi connectivity index (χ0) is 19.8. The van der Waals surface area contributed by atoms with Gasteiger partial charge in [-0.1, -0.05) is 12.1 Å². The van der Waals surface area contributed by atoms with Crippen molar-refractivity contribution in [3.8, 4) is 0 Å². The fourth-order valence-corrected chi connectivity index (χ4v) is 4.88. The number of rotatable bonds is 6. The Morgan fingerprint density at radius 3 is 2.69 bits per heavy atom. The number of aryl methyl sites for hydroxylation is 1. The second kappa shape index (κ2) is 7.59. The minimum absolute atomic E-state index is 0.263. The van der Waals surface area contributed by atoms with Crippen LogP contribution in [-0.2, 0) is 0 Å². The van der Waals surface area contributed by atoms with Crippen LogP contribution in [0.5, 0.6) is 0 Å². The van der Waals surface area contributed by atoms with Crippen LogP contribution < -0.4 is 10.6 Å². The molecule has 2 aromatic heterocycles. The van der Waals surface area contributed by atoms with E-state index in [9.17, 15) is 4.39 Å². The van der Waals surface area contributed by atoms with E-state index in [2.05, 4.69) is 25.7 Å². The molecule has 7 nitrogen and oxygen atoms in total. The molecule has 3 aromatic rings. The van der Waals surface area contributed by atoms with Gasteiger partial charge in [0.05, 0.1) is 5.52 Å². The summed E-state index contributed by atoms with van der Waals surface area (Å²) in [5.74, 6) is 2.10. The zero-order valence-electron chi connectivity index (χ0n) is 16.5. The summed E-state index contributed by atoms with van der Waals surface area (Å²) in [5, 5.41) is 15.0. The third kappa shape index (κ3) is 3.64. The van der Waals surface area contributed by atoms with E-state index in [1.165, 1.54) is 0 Å². The van der Waals surface area contributed by atoms with Crippen LogP contribution in [-0.4, -0.2) is 56.4 Å². The van der Waals surface area contributed by atoms with E-state index in [4.69, 9.17) is 9.97 Å². The highest BCUT2D eigenvalue weighted by atomic mass is 19.1. The third-order valence-electron chi connectivity index (χ3n) is 6.12. The van der Waals surface area contributed by atoms with Gasteiger partial charge in [-0.3, -0.25) is 10.00 Å². The summed E-state index contributed by atoms with van der Waals surface area (Å²) in [6.07, 6.45) is 4.33. The van der Waals surface area contributed by atoms with E-state index in [0.29, 0.717) is 30.6 Å². The van der Waals surface area contributed by atoms with Crippen LogP contribution in [0, 0.1) is 6.92 Å². The Morgan fingerprint density at radius 2 is 1.97 bits per heavy atom. The first-order valence-electron chi connectivity index (χ1n) is 10.3. The lowest BCUT2D eigenvalue weighted by atomic mass is 9.97. The highest BCUT2D eigenvalue weighted by molar-refractivity contribution is 5.91. The molecule has 3 N–H and O–H groups in total. The van der Waals surface area contributed by atoms with Crippen LogP contribution in [0.15, 0.2) is 30.3 Å². The number of nitrogens with one attached hydrogen (secondary N) is 3. The van der Waals surface area contributed by atoms with Crippen molar-refractivity contribution in [2.45, 2.75) is 50.7 Å². The number of piperidine rings is 1. The minimum Gasteiger partial charge on any atom is -0.351 e. The molecule has 29 heavy (non-hydrogen) atoms. The number of H-pyrrole nitrogens is 1. The normalized spacial score (nSPS) is 24.1. The fourth-order valence-electron chi connectivity index (χ4n) is 4.88. The van der Waals surface area contributed by atoms with Gasteiger partial charge < -0.3 is 10.6 Å². The maximum atomic E-state index is 12.9. The molecule has 2 aliphatic rings. The number of alkyl halides is 1. The number of halogens is 1. The fraction of sp³-hybridized carbons (Fsp3) is 0.476. The Morgan fingerprint density at radius 1 is 1.17 bits per heavy atom. The summed E-state index contributed by atoms with van der Waals surface area (Å²) in [6, 6.07) is 11.2. The highest BCUT2D eigenvalue weighted by Crippen LogP contribution is 2.36. The van der Waals surface area contributed by atoms with Crippen LogP contribution >= 0.6 is 0 Å². The van der Waals surface area contributed by atoms with Gasteiger partial charge in [-0.05, 0) is 44.7 Å². The highest BCUT2D eigenvalue weighted by Gasteiger charge is 2.40. The van der Waals surface area contributed by atoms with E-state index in [1.54, 1.807) is 0 Å². The number of fused-ring (bicyclic) bond motifs is 3. The lowest BCUT2D eigenvalue weighted by Crippen LogP contribution is -2.47. The quantitative estimate of drug-likeness (QED) is 0.589. The van der Waals surface area contributed by atoms with Gasteiger partial charge in [0.1, 0.15) is 12.5 Å². The van der Waals surface area contributed by atoms with Gasteiger partial charge in [0, 0.05) is 41.8 Å². The predicted octanol–water partition coefficient (Wildman–Crippen LogP) is 3.78. The van der Waals surface area contributed by atoms with Crippen molar-refractivity contribution in [1.82, 2.24) is 25.1 Å². The number of benzene rings is 1. The van der Waals surface area contributed by atoms with Crippen molar-refractivity contribution < 1.29 is 4.39 Å². The van der Waals surface area contributed by atoms with Crippen LogP contribution in [0.1, 0.15) is 31.4 Å². The number of aromatic amines is 1. The smallest absolute Gasteiger partial charge is 0.225 e. The number of aromatic nitrogens is 4. The summed E-state index contributed by atoms with van der Waals surface area (Å²) in [5.41, 5.74) is 1.87. The van der Waals surface area contributed by atoms with Gasteiger partial charge in [0.15, 0.2) is 5.82 Å². The molecule has 152 valence electrons. The SMILES string of the molecule is Cc1cc(Nc2nc(NC3CC4CCC(C3)N4CCF)nc3ccccc23)n[nH]1. The first-order chi connectivity index (χ1) is 14.2. The largest absolute Gasteiger partial charge is 0.351 e. The van der Waals surface area contributed by atoms with E-state index < -0.39 is 0 Å². The second-order valence-corrected chi connectivity index (χ2v) is 8.10. The molecular formula is C21H26FN7. The van der Waals surface area contributed by atoms with Gasteiger partial charge in [0.2, 0.25) is 5.95 Å². The average molecular weight is 395 g/mol. The standard InChI is InChI=1S/C21H26FN7/c1-13-10-19(28-27-13)25-20-17-4-2-3-5-18(17)24-21(26-20)23-14-11-15-6-7-16(12-14)29(15)9-8-22/h2-5,10,14-16H,6-9,11-12H2,1H3,(H3,23,24,25,26,27,28). The van der Waals surface area contributed by atoms with Crippen LogP contribution in [0.4, 0.5) is 22.0 Å². The van der Waals surface area contributed by atoms with Crippen molar-refractivity contribution >= 4 is 28.5 Å². The van der Waals surface area contributed by atoms with Crippen molar-refractivity contribution in [3.05, 3.63) is 36.0 Å². The van der Waals surface area contributed by atoms with Crippen molar-refractivity contribution in [3.63, 3.8) is 0 Å². The minimum atomic E-state index is -0.263. The Hall–Kier alpha value is -2.74. The maximum Gasteiger partial charge on any atom is 0.225 e. The molecule has 2 unspecified atom stereocenters. The summed E-state index contributed by atoms with van der Waals surface area (Å²) < 4.78 is 12.9. The molecule has 0 amide bonds. The molecule has 5 rings (SSSR count). The van der Waals surface area contributed by atoms with Crippen LogP contribution in [0.2, 0.25) is 0 Å². The summed E-state index contributed by atoms with van der Waals surface area (Å²) in [6.45, 7) is 2.26. The Labute approximate surface area is 169 Å². The number of para-hydroxylation sites is 1. The summed E-state index contributed by atoms with van der Waals surface area (Å²) in [4.78, 5) is 11.9. The first kappa shape index (κ1) is 18.3. The molecule has 0 spiro atoms. The lowest BCUT2D eigenvalue weighted by molar-refractivity contribution is 0.123. The molecule has 2 saturated heterocycles. The van der Waals surface area contributed by atoms with Crippen LogP contribution in [0.3, 0.4) is 0 Å². The second-order valence-electron chi connectivity index (χ2n) is 8.10. The van der Waals surface area contributed by atoms with Crippen LogP contribution in [0.25, 0.3) is 10.9 Å². The molecule has 0 saturated carbocycles. The van der Waals surface area contributed by atoms with Crippen molar-refractivity contribution in [2.75, 3.05) is 23.9 Å². The molecule has 8 heteroatoms. The Kier molecular flexibility index (Phi) is 4.79. The van der Waals surface area contributed by atoms with Gasteiger partial charge in [-0.15, -0.1) is 0 Å². The van der Waals surface area contributed by atoms with E-state index >= 15 is 0 Å². The topological polar surface area (TPSA) is 81.8 Å². The Bertz CT molecular complexity index is 990. The molecule has 2 bridgehead atoms. The molecule has 2 aliphatic heterocycles. The molecule has 1 aromatic carbocycles. The number of nitrogens with zero attached hydrogens (tertiary/aromatic N) is 4. The number of anilines is 3. The molecule has 2 atom stereocenters. The van der Waals surface area contributed by atoms with Gasteiger partial charge in [-0.25, -0.2) is 9.37 Å². The van der Waals surface area contributed by atoms with Gasteiger partial charge in [0.25, 0.3) is 0 Å². The van der Waals surface area contributed by atoms with E-state index in [1.807, 2.05) is 37.3 Å². The monoisotopic (exact) mass is 395 g/mol. The summed E-state index contributed by atoms with van der Waals surface area (Å²) >= 11 is 0. The van der Waals surface area contributed by atoms with Crippen molar-refractivity contribution in [1.29, 1.82) is 0 Å². The van der Waals surface area contributed by atoms with E-state index in [-0.39, 0.29) is 6.67 Å². The molecular weight excluding hydrogens is 369 g/mol. The number of hydrogen-bond donors (Lipinski definition) is 3. The van der Waals surface area contributed by atoms with Gasteiger partial charge in [-0.2, -0.15) is 10.1 Å². The Balaban J connectivity index is 1.39. The first-order valence-corrected chi connectivity index (χ1v) is 10.3. The number of hydrogen-bond acceptors (Lipinski definition) is 6. The zero-order valence-corrected chi connectivity index (χ0v) is 16.5. The average Bonchev–Trinajstić information content (AvgIpc) is 3.21. The molecule has 0 aliphatic carbocycles. The molecule has 0 radical (unpaired) electrons. The maximum absolute atomic E-state index is 12.9.